The van der Waals surface area contributed by atoms with Crippen LogP contribution in [0.15, 0.2) is 11.0 Å². The molecule has 1 aliphatic rings. The third-order valence-corrected chi connectivity index (χ3v) is 8.28. The van der Waals surface area contributed by atoms with Crippen LogP contribution in [-0.2, 0) is 31.6 Å². The fraction of sp³-hybridized carbons (Fsp3) is 0.643. The molecule has 0 radical (unpaired) electrons. The van der Waals surface area contributed by atoms with Crippen LogP contribution in [-0.4, -0.2) is 72.0 Å². The van der Waals surface area contributed by atoms with Gasteiger partial charge in [0.05, 0.1) is 18.3 Å². The molecule has 22 heteroatoms. The fourth-order valence-electron chi connectivity index (χ4n) is 2.94. The summed E-state index contributed by atoms with van der Waals surface area (Å²) in [6, 6.07) is 0. The van der Waals surface area contributed by atoms with Crippen LogP contribution in [0.4, 0.5) is 5.82 Å². The number of aliphatic hydroxyl groups is 1. The average Bonchev–Trinajstić information content (AvgIpc) is 3.07. The second-order valence-corrected chi connectivity index (χ2v) is 11.7. The van der Waals surface area contributed by atoms with Gasteiger partial charge in [-0.05, 0) is 19.4 Å². The summed E-state index contributed by atoms with van der Waals surface area (Å²) in [5.74, 6) is -0.983. The number of hydrogen-bond acceptors (Lipinski definition) is 13. The number of unbranched alkanes of at least 4 members (excludes halogenated alkanes) is 1. The van der Waals surface area contributed by atoms with Crippen LogP contribution in [0, 0.1) is 0 Å². The second-order valence-electron chi connectivity index (χ2n) is 7.30. The minimum atomic E-state index is -5.72. The lowest BCUT2D eigenvalue weighted by atomic mass is 10.2. The van der Waals surface area contributed by atoms with Crippen LogP contribution in [0.5, 0.6) is 0 Å². The number of amides is 1. The van der Waals surface area contributed by atoms with Crippen LogP contribution < -0.4 is 22.5 Å². The number of aromatic nitrogens is 2. The first-order valence-corrected chi connectivity index (χ1v) is 14.5. The molecule has 0 bridgehead atoms. The van der Waals surface area contributed by atoms with Crippen molar-refractivity contribution >= 4 is 35.2 Å². The van der Waals surface area contributed by atoms with Gasteiger partial charge in [-0.15, -0.1) is 0 Å². The molecule has 1 aromatic rings. The topological polar surface area (TPSA) is 305 Å². The van der Waals surface area contributed by atoms with Gasteiger partial charge in [0.2, 0.25) is 0 Å². The Bertz CT molecular complexity index is 1140. The van der Waals surface area contributed by atoms with Crippen LogP contribution in [0.25, 0.3) is 0 Å². The Morgan fingerprint density at radius 2 is 1.86 bits per heavy atom. The van der Waals surface area contributed by atoms with Gasteiger partial charge in [-0.25, -0.2) is 18.5 Å². The third kappa shape index (κ3) is 9.39. The van der Waals surface area contributed by atoms with Gasteiger partial charge in [0, 0.05) is 19.2 Å². The molecule has 1 aliphatic heterocycles. The number of phosphoric ester groups is 1. The van der Waals surface area contributed by atoms with E-state index in [2.05, 4.69) is 23.4 Å². The Kier molecular flexibility index (Phi) is 10.5. The molecular formula is C14H26N5O14P3. The first kappa shape index (κ1) is 30.7. The predicted molar refractivity (Wildman–Crippen MR) is 118 cm³/mol. The number of carbonyl (C=O) groups excluding carboxylic acids is 1. The number of phosphoric acid groups is 3. The second kappa shape index (κ2) is 12.3. The summed E-state index contributed by atoms with van der Waals surface area (Å²) in [4.78, 5) is 64.0. The van der Waals surface area contributed by atoms with Crippen molar-refractivity contribution in [3.8, 4) is 0 Å². The molecule has 36 heavy (non-hydrogen) atoms. The molecule has 2 rings (SSSR count). The minimum Gasteiger partial charge on any atom is -0.390 e. The summed E-state index contributed by atoms with van der Waals surface area (Å²) in [7, 11) is -16.7. The molecule has 1 amide bonds. The highest BCUT2D eigenvalue weighted by Crippen LogP contribution is 2.66. The van der Waals surface area contributed by atoms with Crippen molar-refractivity contribution in [1.29, 1.82) is 0 Å². The quantitative estimate of drug-likeness (QED) is 0.0949. The Hall–Kier alpha value is -1.56. The van der Waals surface area contributed by atoms with Gasteiger partial charge in [-0.3, -0.25) is 13.9 Å². The van der Waals surface area contributed by atoms with Crippen LogP contribution in [0.3, 0.4) is 0 Å². The van der Waals surface area contributed by atoms with E-state index >= 15 is 0 Å². The minimum absolute atomic E-state index is 0.155. The van der Waals surface area contributed by atoms with E-state index in [1.807, 2.05) is 0 Å². The highest BCUT2D eigenvalue weighted by atomic mass is 31.3. The molecule has 0 saturated carbocycles. The van der Waals surface area contributed by atoms with Crippen molar-refractivity contribution < 1.29 is 61.1 Å². The van der Waals surface area contributed by atoms with Gasteiger partial charge >= 0.3 is 29.2 Å². The molecule has 19 nitrogen and oxygen atoms in total. The molecule has 2 unspecified atom stereocenters. The van der Waals surface area contributed by atoms with Crippen LogP contribution in [0.1, 0.15) is 35.8 Å². The van der Waals surface area contributed by atoms with Crippen molar-refractivity contribution in [2.45, 2.75) is 37.7 Å². The molecule has 206 valence electrons. The number of hydrogen-bond donors (Lipinski definition) is 8. The summed E-state index contributed by atoms with van der Waals surface area (Å²) in [5.41, 5.74) is 9.97. The first-order chi connectivity index (χ1) is 16.5. The normalized spacial score (nSPS) is 23.7. The number of nitrogens with one attached hydrogen (secondary N) is 1. The number of rotatable bonds is 13. The van der Waals surface area contributed by atoms with Gasteiger partial charge < -0.3 is 46.2 Å². The number of nitrogens with two attached hydrogens (primary N) is 2. The summed E-state index contributed by atoms with van der Waals surface area (Å²) >= 11 is 0. The zero-order chi connectivity index (χ0) is 27.3. The van der Waals surface area contributed by atoms with E-state index in [1.165, 1.54) is 0 Å². The standard InChI is InChI=1S/C14H26N5O14P3/c15-3-1-2-4-17-13(21)8-6-19(14(22)18-12(8)16)11-5-9(20)10(31-11)7-30-35(26,27)33-36(28,29)32-34(23,24)25/h6,9-11,20H,1-5,7,15H2,(H,17,21)(H,26,27)(H,28,29)(H2,16,18,22)(H2,23,24,25)/t9-,10+,11+/m0/s1. The fourth-order valence-corrected chi connectivity index (χ4v) is 5.97. The molecule has 10 N–H and O–H groups in total. The largest absolute Gasteiger partial charge is 0.490 e. The maximum atomic E-state index is 12.4. The van der Waals surface area contributed by atoms with Gasteiger partial charge in [-0.2, -0.15) is 13.6 Å². The molecule has 0 spiro atoms. The zero-order valence-electron chi connectivity index (χ0n) is 18.4. The summed E-state index contributed by atoms with van der Waals surface area (Å²) in [6.07, 6.45) is -1.96. The van der Waals surface area contributed by atoms with Crippen molar-refractivity contribution in [2.24, 2.45) is 5.73 Å². The lowest BCUT2D eigenvalue weighted by Gasteiger charge is -2.19. The van der Waals surface area contributed by atoms with Gasteiger partial charge in [0.15, 0.2) is 0 Å². The summed E-state index contributed by atoms with van der Waals surface area (Å²) in [6.45, 7) is -0.210. The monoisotopic (exact) mass is 581 g/mol. The number of aliphatic hydroxyl groups excluding tert-OH is 1. The van der Waals surface area contributed by atoms with Gasteiger partial charge in [0.25, 0.3) is 5.91 Å². The SMILES string of the molecule is NCCCCNC(=O)c1cn([C@H]2C[C@H](O)[C@@H](COP(=O)(O)OP(=O)(O)OP(=O)(O)O)O2)c(=O)nc1N. The molecule has 1 fully saturated rings. The van der Waals surface area contributed by atoms with Crippen molar-refractivity contribution in [3.05, 3.63) is 22.2 Å². The molecule has 2 heterocycles. The molecular weight excluding hydrogens is 555 g/mol. The highest BCUT2D eigenvalue weighted by molar-refractivity contribution is 7.66. The Morgan fingerprint density at radius 1 is 1.19 bits per heavy atom. The number of anilines is 1. The van der Waals surface area contributed by atoms with Crippen molar-refractivity contribution in [3.63, 3.8) is 0 Å². The number of nitrogens with zero attached hydrogens (tertiary/aromatic N) is 2. The van der Waals surface area contributed by atoms with E-state index in [0.717, 1.165) is 10.8 Å². The lowest BCUT2D eigenvalue weighted by Crippen LogP contribution is -2.33. The van der Waals surface area contributed by atoms with Crippen molar-refractivity contribution in [1.82, 2.24) is 14.9 Å². The molecule has 1 aromatic heterocycles. The molecule has 0 aromatic carbocycles. The smallest absolute Gasteiger partial charge is 0.390 e. The van der Waals surface area contributed by atoms with E-state index < -0.39 is 60.1 Å². The van der Waals surface area contributed by atoms with Crippen LogP contribution >= 0.6 is 23.5 Å². The average molecular weight is 581 g/mol. The molecule has 1 saturated heterocycles. The summed E-state index contributed by atoms with van der Waals surface area (Å²) < 4.78 is 51.8. The number of nitrogen functional groups attached to an aromatic ring is 1. The molecule has 0 aliphatic carbocycles. The van der Waals surface area contributed by atoms with Gasteiger partial charge in [-0.1, -0.05) is 0 Å². The third-order valence-electron chi connectivity index (χ3n) is 4.47. The van der Waals surface area contributed by atoms with E-state index in [0.29, 0.717) is 19.4 Å². The van der Waals surface area contributed by atoms with Gasteiger partial charge in [0.1, 0.15) is 18.1 Å². The molecule has 5 atom stereocenters. The number of carbonyl (C=O) groups is 1. The Morgan fingerprint density at radius 3 is 2.47 bits per heavy atom. The highest BCUT2D eigenvalue weighted by Gasteiger charge is 2.43. The van der Waals surface area contributed by atoms with E-state index in [9.17, 15) is 33.3 Å². The first-order valence-electron chi connectivity index (χ1n) is 10.0. The Labute approximate surface area is 202 Å². The van der Waals surface area contributed by atoms with Crippen LogP contribution in [0.2, 0.25) is 0 Å². The van der Waals surface area contributed by atoms with E-state index in [4.69, 9.17) is 30.9 Å². The van der Waals surface area contributed by atoms with E-state index in [1.54, 1.807) is 0 Å². The maximum Gasteiger partial charge on any atom is 0.490 e. The predicted octanol–water partition coefficient (Wildman–Crippen LogP) is -1.71. The Balaban J connectivity index is 2.06. The summed E-state index contributed by atoms with van der Waals surface area (Å²) in [5, 5.41) is 12.8. The van der Waals surface area contributed by atoms with E-state index in [-0.39, 0.29) is 24.3 Å². The maximum absolute atomic E-state index is 12.4. The lowest BCUT2D eigenvalue weighted by molar-refractivity contribution is -0.0449. The zero-order valence-corrected chi connectivity index (χ0v) is 21.0. The number of ether oxygens (including phenoxy) is 1. The van der Waals surface area contributed by atoms with Crippen molar-refractivity contribution in [2.75, 3.05) is 25.4 Å².